The van der Waals surface area contributed by atoms with Gasteiger partial charge < -0.3 is 10.1 Å². The minimum Gasteiger partial charge on any atom is -0.367 e. The Morgan fingerprint density at radius 2 is 2.23 bits per heavy atom. The standard InChI is InChI=1S/C9H8ClNO2/c10-7-1-2-8-6(3-7)4-13-5-9(12)11-8/h1-3H,4-5H2,(H,11,12). The zero-order chi connectivity index (χ0) is 9.26. The third kappa shape index (κ3) is 1.82. The van der Waals surface area contributed by atoms with E-state index in [1.54, 1.807) is 18.2 Å². The lowest BCUT2D eigenvalue weighted by Crippen LogP contribution is -2.14. The van der Waals surface area contributed by atoms with Crippen LogP contribution in [0, 0.1) is 0 Å². The number of carbonyl (C=O) groups is 1. The molecule has 68 valence electrons. The molecule has 0 saturated heterocycles. The van der Waals surface area contributed by atoms with Gasteiger partial charge >= 0.3 is 0 Å². The fraction of sp³-hybridized carbons (Fsp3) is 0.222. The lowest BCUT2D eigenvalue weighted by Gasteiger charge is -2.04. The predicted molar refractivity (Wildman–Crippen MR) is 49.7 cm³/mol. The molecule has 3 nitrogen and oxygen atoms in total. The molecular weight excluding hydrogens is 190 g/mol. The molecule has 1 aliphatic heterocycles. The van der Waals surface area contributed by atoms with Crippen molar-refractivity contribution in [1.82, 2.24) is 0 Å². The summed E-state index contributed by atoms with van der Waals surface area (Å²) in [6.45, 7) is 0.529. The number of hydrogen-bond acceptors (Lipinski definition) is 2. The molecule has 0 spiro atoms. The van der Waals surface area contributed by atoms with Crippen molar-refractivity contribution in [2.45, 2.75) is 6.61 Å². The van der Waals surface area contributed by atoms with Crippen molar-refractivity contribution in [3.8, 4) is 0 Å². The summed E-state index contributed by atoms with van der Waals surface area (Å²) in [7, 11) is 0. The van der Waals surface area contributed by atoms with Gasteiger partial charge in [-0.2, -0.15) is 0 Å². The maximum absolute atomic E-state index is 11.1. The molecule has 1 aromatic carbocycles. The average molecular weight is 198 g/mol. The van der Waals surface area contributed by atoms with Crippen molar-refractivity contribution in [2.24, 2.45) is 0 Å². The summed E-state index contributed by atoms with van der Waals surface area (Å²) in [4.78, 5) is 11.1. The highest BCUT2D eigenvalue weighted by molar-refractivity contribution is 6.30. The maximum Gasteiger partial charge on any atom is 0.250 e. The van der Waals surface area contributed by atoms with Crippen LogP contribution in [0.3, 0.4) is 0 Å². The minimum absolute atomic E-state index is 0.103. The summed E-state index contributed by atoms with van der Waals surface area (Å²) in [6, 6.07) is 5.32. The summed E-state index contributed by atoms with van der Waals surface area (Å²) in [5, 5.41) is 3.38. The van der Waals surface area contributed by atoms with Crippen LogP contribution in [0.1, 0.15) is 5.56 Å². The summed E-state index contributed by atoms with van der Waals surface area (Å²) >= 11 is 5.80. The fourth-order valence-electron chi connectivity index (χ4n) is 1.24. The van der Waals surface area contributed by atoms with Crippen molar-refractivity contribution < 1.29 is 9.53 Å². The molecule has 4 heteroatoms. The Labute approximate surface area is 80.6 Å². The number of hydrogen-bond donors (Lipinski definition) is 1. The molecule has 1 N–H and O–H groups in total. The van der Waals surface area contributed by atoms with Gasteiger partial charge in [-0.1, -0.05) is 11.6 Å². The van der Waals surface area contributed by atoms with Crippen LogP contribution >= 0.6 is 11.6 Å². The molecule has 0 aromatic heterocycles. The molecule has 0 unspecified atom stereocenters. The monoisotopic (exact) mass is 197 g/mol. The van der Waals surface area contributed by atoms with Gasteiger partial charge in [-0.25, -0.2) is 0 Å². The van der Waals surface area contributed by atoms with Crippen LogP contribution in [-0.4, -0.2) is 12.5 Å². The topological polar surface area (TPSA) is 38.3 Å². The molecule has 0 radical (unpaired) electrons. The van der Waals surface area contributed by atoms with E-state index in [1.807, 2.05) is 0 Å². The molecule has 2 rings (SSSR count). The van der Waals surface area contributed by atoms with Gasteiger partial charge in [0.05, 0.1) is 6.61 Å². The molecule has 0 aliphatic carbocycles. The molecule has 1 aromatic rings. The lowest BCUT2D eigenvalue weighted by atomic mass is 10.2. The number of halogens is 1. The van der Waals surface area contributed by atoms with Gasteiger partial charge in [-0.3, -0.25) is 4.79 Å². The van der Waals surface area contributed by atoms with Gasteiger partial charge in [0.1, 0.15) is 6.61 Å². The van der Waals surface area contributed by atoms with Crippen molar-refractivity contribution in [2.75, 3.05) is 11.9 Å². The number of amides is 1. The van der Waals surface area contributed by atoms with Gasteiger partial charge in [-0.05, 0) is 18.2 Å². The van der Waals surface area contributed by atoms with Crippen LogP contribution in [0.4, 0.5) is 5.69 Å². The largest absolute Gasteiger partial charge is 0.367 e. The van der Waals surface area contributed by atoms with E-state index in [0.29, 0.717) is 11.6 Å². The zero-order valence-electron chi connectivity index (χ0n) is 6.84. The first-order valence-electron chi connectivity index (χ1n) is 3.92. The van der Waals surface area contributed by atoms with Gasteiger partial charge in [0.15, 0.2) is 0 Å². The average Bonchev–Trinajstić information content (AvgIpc) is 2.25. The normalized spacial score (nSPS) is 15.9. The van der Waals surface area contributed by atoms with Gasteiger partial charge in [0.2, 0.25) is 5.91 Å². The molecule has 0 atom stereocenters. The summed E-state index contributed by atoms with van der Waals surface area (Å²) in [5.41, 5.74) is 1.70. The predicted octanol–water partition coefficient (Wildman–Crippen LogP) is 1.81. The molecule has 13 heavy (non-hydrogen) atoms. The number of fused-ring (bicyclic) bond motifs is 1. The van der Waals surface area contributed by atoms with E-state index < -0.39 is 0 Å². The highest BCUT2D eigenvalue weighted by Gasteiger charge is 2.12. The number of rotatable bonds is 0. The molecule has 0 saturated carbocycles. The van der Waals surface area contributed by atoms with Gasteiger partial charge in [0, 0.05) is 16.3 Å². The summed E-state index contributed by atoms with van der Waals surface area (Å²) in [5.74, 6) is -0.124. The molecule has 1 amide bonds. The van der Waals surface area contributed by atoms with Crippen LogP contribution in [-0.2, 0) is 16.1 Å². The maximum atomic E-state index is 11.1. The molecule has 1 aliphatic rings. The molecule has 0 fully saturated rings. The van der Waals surface area contributed by atoms with E-state index in [-0.39, 0.29) is 12.5 Å². The molecule has 1 heterocycles. The van der Waals surface area contributed by atoms with Crippen LogP contribution < -0.4 is 5.32 Å². The smallest absolute Gasteiger partial charge is 0.250 e. The van der Waals surface area contributed by atoms with E-state index in [1.165, 1.54) is 0 Å². The Balaban J connectivity index is 2.40. The molecular formula is C9H8ClNO2. The number of carbonyl (C=O) groups excluding carboxylic acids is 1. The second-order valence-electron chi connectivity index (χ2n) is 2.84. The quantitative estimate of drug-likeness (QED) is 0.689. The Hall–Kier alpha value is -1.06. The van der Waals surface area contributed by atoms with E-state index in [4.69, 9.17) is 16.3 Å². The number of anilines is 1. The SMILES string of the molecule is O=C1COCc2cc(Cl)ccc2N1. The Morgan fingerprint density at radius 1 is 1.38 bits per heavy atom. The number of nitrogens with one attached hydrogen (secondary N) is 1. The summed E-state index contributed by atoms with van der Waals surface area (Å²) in [6.07, 6.45) is 0. The Kier molecular flexibility index (Phi) is 2.20. The zero-order valence-corrected chi connectivity index (χ0v) is 7.60. The molecule has 0 bridgehead atoms. The fourth-order valence-corrected chi connectivity index (χ4v) is 1.44. The highest BCUT2D eigenvalue weighted by Crippen LogP contribution is 2.22. The second kappa shape index (κ2) is 3.36. The number of ether oxygens (including phenoxy) is 1. The van der Waals surface area contributed by atoms with Crippen LogP contribution in [0.15, 0.2) is 18.2 Å². The van der Waals surface area contributed by atoms with Gasteiger partial charge in [-0.15, -0.1) is 0 Å². The first kappa shape index (κ1) is 8.53. The van der Waals surface area contributed by atoms with E-state index in [2.05, 4.69) is 5.32 Å². The van der Waals surface area contributed by atoms with Crippen molar-refractivity contribution in [3.05, 3.63) is 28.8 Å². The van der Waals surface area contributed by atoms with E-state index in [9.17, 15) is 4.79 Å². The Bertz CT molecular complexity index is 351. The minimum atomic E-state index is -0.124. The Morgan fingerprint density at radius 3 is 3.08 bits per heavy atom. The first-order chi connectivity index (χ1) is 6.25. The first-order valence-corrected chi connectivity index (χ1v) is 4.29. The van der Waals surface area contributed by atoms with E-state index >= 15 is 0 Å². The van der Waals surface area contributed by atoms with Gasteiger partial charge in [0.25, 0.3) is 0 Å². The van der Waals surface area contributed by atoms with Crippen molar-refractivity contribution in [1.29, 1.82) is 0 Å². The highest BCUT2D eigenvalue weighted by atomic mass is 35.5. The summed E-state index contributed by atoms with van der Waals surface area (Å²) < 4.78 is 5.12. The number of benzene rings is 1. The third-order valence-electron chi connectivity index (χ3n) is 1.83. The second-order valence-corrected chi connectivity index (χ2v) is 3.28. The van der Waals surface area contributed by atoms with Crippen LogP contribution in [0.2, 0.25) is 5.02 Å². The van der Waals surface area contributed by atoms with Crippen LogP contribution in [0.5, 0.6) is 0 Å². The van der Waals surface area contributed by atoms with Crippen LogP contribution in [0.25, 0.3) is 0 Å². The lowest BCUT2D eigenvalue weighted by molar-refractivity contribution is -0.120. The van der Waals surface area contributed by atoms with Crippen molar-refractivity contribution in [3.63, 3.8) is 0 Å². The third-order valence-corrected chi connectivity index (χ3v) is 2.07. The van der Waals surface area contributed by atoms with Crippen molar-refractivity contribution >= 4 is 23.2 Å². The van der Waals surface area contributed by atoms with E-state index in [0.717, 1.165) is 11.3 Å².